The van der Waals surface area contributed by atoms with Gasteiger partial charge in [-0.1, -0.05) is 32.9 Å². The van der Waals surface area contributed by atoms with Crippen molar-refractivity contribution in [3.05, 3.63) is 12.2 Å². The molecule has 1 rings (SSSR count). The average Bonchev–Trinajstić information content (AvgIpc) is 2.80. The number of esters is 1. The van der Waals surface area contributed by atoms with Gasteiger partial charge in [0.1, 0.15) is 6.10 Å². The van der Waals surface area contributed by atoms with E-state index in [0.29, 0.717) is 19.4 Å². The van der Waals surface area contributed by atoms with Crippen molar-refractivity contribution in [2.24, 2.45) is 0 Å². The second kappa shape index (κ2) is 8.21. The molecule has 0 aliphatic carbocycles. The lowest BCUT2D eigenvalue weighted by atomic mass is 10.1. The topological polar surface area (TPSA) is 61.8 Å². The smallest absolute Gasteiger partial charge is 0.305 e. The van der Waals surface area contributed by atoms with E-state index >= 15 is 0 Å². The summed E-state index contributed by atoms with van der Waals surface area (Å²) in [5, 5.41) is 0.180. The van der Waals surface area contributed by atoms with Crippen LogP contribution < -0.4 is 0 Å². The van der Waals surface area contributed by atoms with Gasteiger partial charge in [-0.2, -0.15) is 0 Å². The summed E-state index contributed by atoms with van der Waals surface area (Å²) in [6.45, 7) is 11.6. The maximum absolute atomic E-state index is 11.9. The molecule has 0 amide bonds. The summed E-state index contributed by atoms with van der Waals surface area (Å²) in [7, 11) is -0.408. The van der Waals surface area contributed by atoms with Crippen molar-refractivity contribution >= 4 is 20.1 Å². The Kier molecular flexibility index (Phi) is 7.17. The molecular weight excluding hydrogens is 312 g/mol. The minimum Gasteiger partial charge on any atom is -0.469 e. The first-order chi connectivity index (χ1) is 10.6. The Labute approximate surface area is 140 Å². The first kappa shape index (κ1) is 20.1. The van der Waals surface area contributed by atoms with Gasteiger partial charge in [-0.25, -0.2) is 0 Å². The van der Waals surface area contributed by atoms with Crippen LogP contribution in [0.3, 0.4) is 0 Å². The number of carbonyl (C=O) groups is 2. The summed E-state index contributed by atoms with van der Waals surface area (Å²) in [6, 6.07) is 0. The SMILES string of the molecule is COC(=O)CC[C@H]1O[C@H](/C=C/CO[Si](C)(C)C(C)(C)C)CC1=O. The van der Waals surface area contributed by atoms with Gasteiger partial charge < -0.3 is 13.9 Å². The number of hydrogen-bond acceptors (Lipinski definition) is 5. The maximum atomic E-state index is 11.9. The van der Waals surface area contributed by atoms with Gasteiger partial charge in [-0.15, -0.1) is 0 Å². The fourth-order valence-corrected chi connectivity index (χ4v) is 2.98. The minimum absolute atomic E-state index is 0.0499. The molecule has 0 N–H and O–H groups in total. The second-order valence-electron chi connectivity index (χ2n) is 7.45. The molecule has 6 heteroatoms. The Hall–Kier alpha value is -0.983. The van der Waals surface area contributed by atoms with Gasteiger partial charge in [0, 0.05) is 12.8 Å². The quantitative estimate of drug-likeness (QED) is 0.404. The summed E-state index contributed by atoms with van der Waals surface area (Å²) in [5.41, 5.74) is 0. The molecule has 0 spiro atoms. The molecule has 1 saturated heterocycles. The van der Waals surface area contributed by atoms with Crippen LogP contribution in [0.25, 0.3) is 0 Å². The molecule has 0 unspecified atom stereocenters. The normalized spacial score (nSPS) is 22.8. The molecular formula is C17H30O5Si. The van der Waals surface area contributed by atoms with Crippen LogP contribution in [-0.2, 0) is 23.5 Å². The van der Waals surface area contributed by atoms with Crippen molar-refractivity contribution in [1.82, 2.24) is 0 Å². The zero-order chi connectivity index (χ0) is 17.7. The molecule has 0 aromatic rings. The van der Waals surface area contributed by atoms with Crippen LogP contribution in [0.2, 0.25) is 18.1 Å². The Morgan fingerprint density at radius 2 is 2.04 bits per heavy atom. The number of hydrogen-bond donors (Lipinski definition) is 0. The highest BCUT2D eigenvalue weighted by atomic mass is 28.4. The standard InChI is InChI=1S/C17H30O5Si/c1-17(2,3)23(5,6)21-11-7-8-13-12-14(18)15(22-13)9-10-16(19)20-4/h7-8,13,15H,9-12H2,1-6H3/b8-7+/t13-,15-/m1/s1. The van der Waals surface area contributed by atoms with Gasteiger partial charge >= 0.3 is 5.97 Å². The number of ketones is 1. The highest BCUT2D eigenvalue weighted by Gasteiger charge is 2.37. The number of ether oxygens (including phenoxy) is 2. The van der Waals surface area contributed by atoms with Crippen LogP contribution in [0.5, 0.6) is 0 Å². The third kappa shape index (κ3) is 6.20. The number of Topliss-reactive ketones (excluding diaryl/α,β-unsaturated/α-hetero) is 1. The minimum atomic E-state index is -1.75. The lowest BCUT2D eigenvalue weighted by Crippen LogP contribution is -2.40. The fraction of sp³-hybridized carbons (Fsp3) is 0.765. The highest BCUT2D eigenvalue weighted by molar-refractivity contribution is 6.74. The predicted molar refractivity (Wildman–Crippen MR) is 91.8 cm³/mol. The van der Waals surface area contributed by atoms with Crippen LogP contribution in [0, 0.1) is 0 Å². The van der Waals surface area contributed by atoms with E-state index in [1.54, 1.807) is 0 Å². The third-order valence-corrected chi connectivity index (χ3v) is 9.14. The molecule has 0 saturated carbocycles. The van der Waals surface area contributed by atoms with E-state index in [2.05, 4.69) is 38.6 Å². The molecule has 0 radical (unpaired) electrons. The lowest BCUT2D eigenvalue weighted by Gasteiger charge is -2.35. The van der Waals surface area contributed by atoms with Crippen molar-refractivity contribution in [3.63, 3.8) is 0 Å². The first-order valence-corrected chi connectivity index (χ1v) is 11.0. The molecule has 0 aromatic heterocycles. The Morgan fingerprint density at radius 3 is 2.61 bits per heavy atom. The Balaban J connectivity index is 2.39. The van der Waals surface area contributed by atoms with E-state index < -0.39 is 14.4 Å². The number of methoxy groups -OCH3 is 1. The molecule has 2 atom stereocenters. The van der Waals surface area contributed by atoms with Crippen LogP contribution in [0.1, 0.15) is 40.0 Å². The van der Waals surface area contributed by atoms with E-state index in [4.69, 9.17) is 9.16 Å². The summed E-state index contributed by atoms with van der Waals surface area (Å²) < 4.78 is 16.3. The van der Waals surface area contributed by atoms with Gasteiger partial charge in [-0.3, -0.25) is 9.59 Å². The zero-order valence-corrected chi connectivity index (χ0v) is 16.2. The summed E-state index contributed by atoms with van der Waals surface area (Å²) in [6.07, 6.45) is 4.07. The predicted octanol–water partition coefficient (Wildman–Crippen LogP) is 3.24. The molecule has 1 aliphatic heterocycles. The third-order valence-electron chi connectivity index (χ3n) is 4.64. The van der Waals surface area contributed by atoms with Gasteiger partial charge in [0.15, 0.2) is 14.1 Å². The molecule has 1 aliphatic rings. The molecule has 1 heterocycles. The fourth-order valence-electron chi connectivity index (χ4n) is 2.04. The van der Waals surface area contributed by atoms with Gasteiger partial charge in [0.2, 0.25) is 0 Å². The molecule has 5 nitrogen and oxygen atoms in total. The molecule has 1 fully saturated rings. The van der Waals surface area contributed by atoms with Crippen LogP contribution in [-0.4, -0.2) is 46.0 Å². The van der Waals surface area contributed by atoms with E-state index in [1.165, 1.54) is 7.11 Å². The Morgan fingerprint density at radius 1 is 1.39 bits per heavy atom. The van der Waals surface area contributed by atoms with Crippen molar-refractivity contribution in [2.75, 3.05) is 13.7 Å². The monoisotopic (exact) mass is 342 g/mol. The molecule has 0 bridgehead atoms. The zero-order valence-electron chi connectivity index (χ0n) is 15.2. The molecule has 132 valence electrons. The van der Waals surface area contributed by atoms with Crippen molar-refractivity contribution < 1.29 is 23.5 Å². The Bertz CT molecular complexity index is 450. The second-order valence-corrected chi connectivity index (χ2v) is 12.3. The van der Waals surface area contributed by atoms with Crippen molar-refractivity contribution in [2.45, 2.75) is 70.4 Å². The van der Waals surface area contributed by atoms with E-state index in [-0.39, 0.29) is 29.3 Å². The maximum Gasteiger partial charge on any atom is 0.305 e. The largest absolute Gasteiger partial charge is 0.469 e. The van der Waals surface area contributed by atoms with E-state index in [9.17, 15) is 9.59 Å². The average molecular weight is 343 g/mol. The van der Waals surface area contributed by atoms with Crippen LogP contribution in [0.4, 0.5) is 0 Å². The highest BCUT2D eigenvalue weighted by Crippen LogP contribution is 2.36. The number of rotatable bonds is 7. The summed E-state index contributed by atoms with van der Waals surface area (Å²) in [4.78, 5) is 23.0. The van der Waals surface area contributed by atoms with Gasteiger partial charge in [0.25, 0.3) is 0 Å². The van der Waals surface area contributed by atoms with Crippen molar-refractivity contribution in [3.8, 4) is 0 Å². The first-order valence-electron chi connectivity index (χ1n) is 8.12. The van der Waals surface area contributed by atoms with Crippen molar-refractivity contribution in [1.29, 1.82) is 0 Å². The van der Waals surface area contributed by atoms with Crippen LogP contribution in [0.15, 0.2) is 12.2 Å². The van der Waals surface area contributed by atoms with E-state index in [0.717, 1.165) is 0 Å². The lowest BCUT2D eigenvalue weighted by molar-refractivity contribution is -0.141. The van der Waals surface area contributed by atoms with E-state index in [1.807, 2.05) is 12.2 Å². The summed E-state index contributed by atoms with van der Waals surface area (Å²) in [5.74, 6) is -0.267. The number of carbonyl (C=O) groups excluding carboxylic acids is 2. The van der Waals surface area contributed by atoms with Gasteiger partial charge in [0.05, 0.1) is 19.8 Å². The van der Waals surface area contributed by atoms with Crippen LogP contribution >= 0.6 is 0 Å². The molecule has 23 heavy (non-hydrogen) atoms. The van der Waals surface area contributed by atoms with Gasteiger partial charge in [-0.05, 0) is 24.6 Å². The summed E-state index contributed by atoms with van der Waals surface area (Å²) >= 11 is 0. The molecule has 0 aromatic carbocycles.